The Labute approximate surface area is 204 Å². The Bertz CT molecular complexity index is 1200. The Morgan fingerprint density at radius 2 is 1.51 bits per heavy atom. The summed E-state index contributed by atoms with van der Waals surface area (Å²) in [6.45, 7) is 4.78. The highest BCUT2D eigenvalue weighted by Gasteiger charge is 2.15. The average molecular weight is 481 g/mol. The predicted octanol–water partition coefficient (Wildman–Crippen LogP) is 5.77. The number of carbonyl (C=O) groups is 2. The number of anilines is 2. The van der Waals surface area contributed by atoms with Crippen LogP contribution in [0.15, 0.2) is 60.7 Å². The van der Waals surface area contributed by atoms with Crippen LogP contribution in [0.25, 0.3) is 0 Å². The van der Waals surface area contributed by atoms with Gasteiger partial charge in [-0.05, 0) is 66.9 Å². The normalized spacial score (nSPS) is 10.6. The molecule has 0 aromatic heterocycles. The highest BCUT2D eigenvalue weighted by Crippen LogP contribution is 2.31. The minimum Gasteiger partial charge on any atom is -0.495 e. The lowest BCUT2D eigenvalue weighted by Gasteiger charge is -2.14. The highest BCUT2D eigenvalue weighted by molar-refractivity contribution is 6.07. The van der Waals surface area contributed by atoms with Crippen LogP contribution in [-0.4, -0.2) is 32.6 Å². The molecule has 3 aromatic carbocycles. The van der Waals surface area contributed by atoms with Gasteiger partial charge in [-0.25, -0.2) is 4.39 Å². The van der Waals surface area contributed by atoms with Gasteiger partial charge >= 0.3 is 0 Å². The van der Waals surface area contributed by atoms with Gasteiger partial charge in [0.2, 0.25) is 0 Å². The smallest absolute Gasteiger partial charge is 0.255 e. The molecule has 0 spiro atoms. The predicted molar refractivity (Wildman–Crippen MR) is 133 cm³/mol. The molecule has 2 amide bonds. The fourth-order valence-electron chi connectivity index (χ4n) is 3.24. The maximum Gasteiger partial charge on any atom is 0.255 e. The van der Waals surface area contributed by atoms with Crippen LogP contribution >= 0.6 is 0 Å². The van der Waals surface area contributed by atoms with E-state index >= 15 is 0 Å². The van der Waals surface area contributed by atoms with Crippen molar-refractivity contribution >= 4 is 23.2 Å². The zero-order chi connectivity index (χ0) is 25.4. The molecule has 0 fully saturated rings. The molecule has 0 heterocycles. The minimum atomic E-state index is -0.516. The Hall–Kier alpha value is -4.07. The van der Waals surface area contributed by atoms with E-state index in [1.54, 1.807) is 36.4 Å². The first-order valence-electron chi connectivity index (χ1n) is 11.2. The molecule has 3 aromatic rings. The number of benzene rings is 3. The van der Waals surface area contributed by atoms with Crippen LogP contribution in [0.4, 0.5) is 15.8 Å². The number of hydrogen-bond donors (Lipinski definition) is 2. The number of halogens is 1. The van der Waals surface area contributed by atoms with Crippen molar-refractivity contribution < 1.29 is 28.2 Å². The van der Waals surface area contributed by atoms with Crippen LogP contribution in [0.1, 0.15) is 41.0 Å². The van der Waals surface area contributed by atoms with Gasteiger partial charge in [-0.1, -0.05) is 19.9 Å². The number of hydrogen-bond acceptors (Lipinski definition) is 5. The largest absolute Gasteiger partial charge is 0.495 e. The van der Waals surface area contributed by atoms with Gasteiger partial charge in [-0.15, -0.1) is 0 Å². The molecule has 0 radical (unpaired) electrons. The quantitative estimate of drug-likeness (QED) is 0.385. The summed E-state index contributed by atoms with van der Waals surface area (Å²) in [4.78, 5) is 25.4. The third kappa shape index (κ3) is 6.96. The molecule has 184 valence electrons. The van der Waals surface area contributed by atoms with Crippen molar-refractivity contribution in [2.75, 3.05) is 31.5 Å². The van der Waals surface area contributed by atoms with Gasteiger partial charge in [-0.2, -0.15) is 0 Å². The van der Waals surface area contributed by atoms with E-state index in [1.807, 2.05) is 0 Å². The molecule has 0 saturated heterocycles. The average Bonchev–Trinajstić information content (AvgIpc) is 2.84. The molecule has 0 aliphatic carbocycles. The van der Waals surface area contributed by atoms with E-state index in [4.69, 9.17) is 14.2 Å². The van der Waals surface area contributed by atoms with E-state index < -0.39 is 11.7 Å². The molecule has 2 N–H and O–H groups in total. The van der Waals surface area contributed by atoms with Crippen LogP contribution in [0.2, 0.25) is 0 Å². The lowest BCUT2D eigenvalue weighted by Crippen LogP contribution is -2.15. The topological polar surface area (TPSA) is 85.9 Å². The fourth-order valence-corrected chi connectivity index (χ4v) is 3.24. The summed E-state index contributed by atoms with van der Waals surface area (Å²) in [6.07, 6.45) is 0.904. The summed E-state index contributed by atoms with van der Waals surface area (Å²) in [7, 11) is 2.98. The van der Waals surface area contributed by atoms with Crippen molar-refractivity contribution in [2.24, 2.45) is 5.92 Å². The molecule has 0 unspecified atom stereocenters. The van der Waals surface area contributed by atoms with Gasteiger partial charge in [0.1, 0.15) is 11.6 Å². The highest BCUT2D eigenvalue weighted by atomic mass is 19.1. The van der Waals surface area contributed by atoms with Crippen LogP contribution in [0.5, 0.6) is 17.2 Å². The zero-order valence-electron chi connectivity index (χ0n) is 20.2. The van der Waals surface area contributed by atoms with E-state index in [9.17, 15) is 14.0 Å². The monoisotopic (exact) mass is 480 g/mol. The van der Waals surface area contributed by atoms with E-state index in [0.29, 0.717) is 46.7 Å². The van der Waals surface area contributed by atoms with Gasteiger partial charge in [-0.3, -0.25) is 9.59 Å². The number of methoxy groups -OCH3 is 2. The van der Waals surface area contributed by atoms with Crippen LogP contribution in [0, 0.1) is 11.7 Å². The Morgan fingerprint density at radius 3 is 2.20 bits per heavy atom. The van der Waals surface area contributed by atoms with Crippen molar-refractivity contribution in [2.45, 2.75) is 20.3 Å². The van der Waals surface area contributed by atoms with E-state index in [2.05, 4.69) is 24.5 Å². The minimum absolute atomic E-state index is 0.157. The van der Waals surface area contributed by atoms with Gasteiger partial charge in [0, 0.05) is 16.8 Å². The van der Waals surface area contributed by atoms with Crippen molar-refractivity contribution in [3.05, 3.63) is 77.6 Å². The summed E-state index contributed by atoms with van der Waals surface area (Å²) in [5, 5.41) is 5.49. The second-order valence-electron chi connectivity index (χ2n) is 8.23. The van der Waals surface area contributed by atoms with Gasteiger partial charge in [0.25, 0.3) is 11.8 Å². The number of amides is 2. The SMILES string of the molecule is COc1ccc(NC(=O)c2ccc(OCCC(C)C)c(OC)c2)cc1NC(=O)c1cccc(F)c1. The molecular formula is C27H29FN2O5. The van der Waals surface area contributed by atoms with Gasteiger partial charge < -0.3 is 24.8 Å². The van der Waals surface area contributed by atoms with Crippen LogP contribution < -0.4 is 24.8 Å². The Morgan fingerprint density at radius 1 is 0.829 bits per heavy atom. The number of carbonyl (C=O) groups excluding carboxylic acids is 2. The number of nitrogens with one attached hydrogen (secondary N) is 2. The second kappa shape index (κ2) is 11.9. The maximum atomic E-state index is 13.5. The van der Waals surface area contributed by atoms with Crippen molar-refractivity contribution in [3.63, 3.8) is 0 Å². The van der Waals surface area contributed by atoms with Gasteiger partial charge in [0.15, 0.2) is 11.5 Å². The first kappa shape index (κ1) is 25.6. The molecule has 0 atom stereocenters. The fraction of sp³-hybridized carbons (Fsp3) is 0.259. The third-order valence-corrected chi connectivity index (χ3v) is 5.17. The van der Waals surface area contributed by atoms with E-state index in [1.165, 1.54) is 32.4 Å². The zero-order valence-corrected chi connectivity index (χ0v) is 20.2. The summed E-state index contributed by atoms with van der Waals surface area (Å²) < 4.78 is 30.0. The second-order valence-corrected chi connectivity index (χ2v) is 8.23. The summed E-state index contributed by atoms with van der Waals surface area (Å²) in [6, 6.07) is 15.1. The first-order valence-corrected chi connectivity index (χ1v) is 11.2. The van der Waals surface area contributed by atoms with Gasteiger partial charge in [0.05, 0.1) is 26.5 Å². The molecule has 8 heteroatoms. The summed E-state index contributed by atoms with van der Waals surface area (Å²) >= 11 is 0. The molecule has 0 saturated carbocycles. The lowest BCUT2D eigenvalue weighted by atomic mass is 10.1. The van der Waals surface area contributed by atoms with Crippen molar-refractivity contribution in [1.29, 1.82) is 0 Å². The molecule has 3 rings (SSSR count). The number of ether oxygens (including phenoxy) is 3. The molecule has 0 aliphatic heterocycles. The third-order valence-electron chi connectivity index (χ3n) is 5.17. The molecular weight excluding hydrogens is 451 g/mol. The Kier molecular flexibility index (Phi) is 8.67. The Balaban J connectivity index is 1.75. The maximum absolute atomic E-state index is 13.5. The van der Waals surface area contributed by atoms with E-state index in [0.717, 1.165) is 12.5 Å². The molecule has 7 nitrogen and oxygen atoms in total. The summed E-state index contributed by atoms with van der Waals surface area (Å²) in [5.74, 6) is 0.526. The molecule has 0 aliphatic rings. The first-order chi connectivity index (χ1) is 16.8. The van der Waals surface area contributed by atoms with Crippen molar-refractivity contribution in [3.8, 4) is 17.2 Å². The lowest BCUT2D eigenvalue weighted by molar-refractivity contribution is 0.101. The molecule has 35 heavy (non-hydrogen) atoms. The molecule has 0 bridgehead atoms. The van der Waals surface area contributed by atoms with Crippen molar-refractivity contribution in [1.82, 2.24) is 0 Å². The van der Waals surface area contributed by atoms with E-state index in [-0.39, 0.29) is 11.5 Å². The van der Waals surface area contributed by atoms with Crippen LogP contribution in [0.3, 0.4) is 0 Å². The summed E-state index contributed by atoms with van der Waals surface area (Å²) in [5.41, 5.74) is 1.29. The number of rotatable bonds is 10. The van der Waals surface area contributed by atoms with Crippen LogP contribution in [-0.2, 0) is 0 Å². The standard InChI is InChI=1S/C27H29FN2O5/c1-17(2)12-13-35-24-10-8-19(15-25(24)34-4)26(31)29-21-9-11-23(33-3)22(16-21)30-27(32)18-6-5-7-20(28)14-18/h5-11,14-17H,12-13H2,1-4H3,(H,29,31)(H,30,32).